The molecule has 16 heavy (non-hydrogen) atoms. The maximum Gasteiger partial charge on any atom is 0.0616 e. The predicted octanol–water partition coefficient (Wildman–Crippen LogP) is 3.35. The second kappa shape index (κ2) is 6.61. The molecule has 0 aromatic rings. The van der Waals surface area contributed by atoms with Gasteiger partial charge in [0.25, 0.3) is 0 Å². The monoisotopic (exact) mass is 227 g/mol. The lowest BCUT2D eigenvalue weighted by molar-refractivity contribution is 0.0523. The third-order valence-corrected chi connectivity index (χ3v) is 4.48. The van der Waals surface area contributed by atoms with E-state index < -0.39 is 0 Å². The molecule has 0 aromatic heterocycles. The molecule has 96 valence electrons. The zero-order valence-corrected chi connectivity index (χ0v) is 11.3. The van der Waals surface area contributed by atoms with Crippen LogP contribution in [0.2, 0.25) is 0 Å². The van der Waals surface area contributed by atoms with E-state index in [2.05, 4.69) is 20.8 Å². The Morgan fingerprint density at radius 2 is 2.19 bits per heavy atom. The highest BCUT2D eigenvalue weighted by Gasteiger charge is 2.41. The summed E-state index contributed by atoms with van der Waals surface area (Å²) >= 11 is 0. The lowest BCUT2D eigenvalue weighted by Crippen LogP contribution is -2.38. The van der Waals surface area contributed by atoms with Crippen LogP contribution in [0.15, 0.2) is 0 Å². The minimum absolute atomic E-state index is 0.272. The van der Waals surface area contributed by atoms with Gasteiger partial charge in [-0.25, -0.2) is 0 Å². The fourth-order valence-corrected chi connectivity index (χ4v) is 2.96. The van der Waals surface area contributed by atoms with Crippen molar-refractivity contribution >= 4 is 0 Å². The summed E-state index contributed by atoms with van der Waals surface area (Å²) in [6, 6.07) is 0. The van der Waals surface area contributed by atoms with Crippen molar-refractivity contribution in [1.82, 2.24) is 0 Å². The number of hydrogen-bond donors (Lipinski definition) is 1. The molecule has 2 heteroatoms. The van der Waals surface area contributed by atoms with Crippen molar-refractivity contribution in [1.29, 1.82) is 0 Å². The molecular formula is C14H29NO. The molecule has 0 amide bonds. The fraction of sp³-hybridized carbons (Fsp3) is 1.00. The minimum Gasteiger partial charge on any atom is -0.378 e. The molecule has 1 aliphatic heterocycles. The van der Waals surface area contributed by atoms with Crippen LogP contribution in [0, 0.1) is 11.3 Å². The van der Waals surface area contributed by atoms with Gasteiger partial charge < -0.3 is 10.5 Å². The van der Waals surface area contributed by atoms with Gasteiger partial charge in [0.15, 0.2) is 0 Å². The Bertz CT molecular complexity index is 195. The number of ether oxygens (including phenoxy) is 1. The van der Waals surface area contributed by atoms with E-state index >= 15 is 0 Å². The molecule has 2 N–H and O–H groups in total. The molecule has 0 bridgehead atoms. The molecular weight excluding hydrogens is 198 g/mol. The Morgan fingerprint density at radius 3 is 2.62 bits per heavy atom. The Morgan fingerprint density at radius 1 is 1.44 bits per heavy atom. The first-order chi connectivity index (χ1) is 7.68. The molecule has 1 saturated heterocycles. The van der Waals surface area contributed by atoms with E-state index in [-0.39, 0.29) is 5.41 Å². The summed E-state index contributed by atoms with van der Waals surface area (Å²) in [5, 5.41) is 0. The highest BCUT2D eigenvalue weighted by Crippen LogP contribution is 2.41. The van der Waals surface area contributed by atoms with Gasteiger partial charge in [0.2, 0.25) is 0 Å². The van der Waals surface area contributed by atoms with Crippen LogP contribution in [0.4, 0.5) is 0 Å². The maximum absolute atomic E-state index is 6.01. The molecule has 1 heterocycles. The molecule has 2 nitrogen and oxygen atoms in total. The smallest absolute Gasteiger partial charge is 0.0616 e. The number of unbranched alkanes of at least 4 members (excludes halogenated alkanes) is 1. The molecule has 0 saturated carbocycles. The number of hydrogen-bond acceptors (Lipinski definition) is 2. The minimum atomic E-state index is 0.272. The molecule has 3 atom stereocenters. The van der Waals surface area contributed by atoms with Crippen LogP contribution in [0.3, 0.4) is 0 Å². The first-order valence-electron chi connectivity index (χ1n) is 7.00. The van der Waals surface area contributed by atoms with Crippen molar-refractivity contribution in [3.63, 3.8) is 0 Å². The highest BCUT2D eigenvalue weighted by molar-refractivity contribution is 4.91. The van der Waals surface area contributed by atoms with Crippen LogP contribution in [0.5, 0.6) is 0 Å². The van der Waals surface area contributed by atoms with Crippen LogP contribution in [0.25, 0.3) is 0 Å². The molecule has 1 rings (SSSR count). The predicted molar refractivity (Wildman–Crippen MR) is 69.4 cm³/mol. The summed E-state index contributed by atoms with van der Waals surface area (Å²) < 4.78 is 5.73. The van der Waals surface area contributed by atoms with Gasteiger partial charge in [-0.15, -0.1) is 0 Å². The van der Waals surface area contributed by atoms with E-state index in [4.69, 9.17) is 10.5 Å². The summed E-state index contributed by atoms with van der Waals surface area (Å²) in [6.07, 6.45) is 8.09. The highest BCUT2D eigenvalue weighted by atomic mass is 16.5. The topological polar surface area (TPSA) is 35.2 Å². The third-order valence-electron chi connectivity index (χ3n) is 4.48. The quantitative estimate of drug-likeness (QED) is 0.724. The second-order valence-electron chi connectivity index (χ2n) is 5.45. The van der Waals surface area contributed by atoms with Gasteiger partial charge in [-0.2, -0.15) is 0 Å². The largest absolute Gasteiger partial charge is 0.378 e. The second-order valence-corrected chi connectivity index (χ2v) is 5.45. The average Bonchev–Trinajstić information content (AvgIpc) is 2.66. The SMILES string of the molecule is CCCCC(CC)CC1(CN)CCOC1C. The van der Waals surface area contributed by atoms with Crippen molar-refractivity contribution in [2.45, 2.75) is 65.4 Å². The summed E-state index contributed by atoms with van der Waals surface area (Å²) in [5.41, 5.74) is 6.28. The van der Waals surface area contributed by atoms with Crippen molar-refractivity contribution in [3.8, 4) is 0 Å². The zero-order chi connectivity index (χ0) is 12.0. The van der Waals surface area contributed by atoms with Crippen molar-refractivity contribution in [2.75, 3.05) is 13.2 Å². The average molecular weight is 227 g/mol. The van der Waals surface area contributed by atoms with Gasteiger partial charge in [0.05, 0.1) is 6.10 Å². The molecule has 3 unspecified atom stereocenters. The van der Waals surface area contributed by atoms with Gasteiger partial charge in [-0.1, -0.05) is 39.5 Å². The van der Waals surface area contributed by atoms with E-state index in [9.17, 15) is 0 Å². The van der Waals surface area contributed by atoms with Crippen molar-refractivity contribution in [3.05, 3.63) is 0 Å². The standard InChI is InChI=1S/C14H29NO/c1-4-6-7-13(5-2)10-14(11-15)8-9-16-12(14)3/h12-13H,4-11,15H2,1-3H3. The molecule has 0 aliphatic carbocycles. The van der Waals surface area contributed by atoms with Gasteiger partial charge >= 0.3 is 0 Å². The normalized spacial score (nSPS) is 31.9. The Balaban J connectivity index is 2.53. The fourth-order valence-electron chi connectivity index (χ4n) is 2.96. The maximum atomic E-state index is 6.01. The third kappa shape index (κ3) is 3.21. The molecule has 1 aliphatic rings. The first-order valence-corrected chi connectivity index (χ1v) is 7.00. The van der Waals surface area contributed by atoms with Gasteiger partial charge in [0.1, 0.15) is 0 Å². The molecule has 0 spiro atoms. The lowest BCUT2D eigenvalue weighted by Gasteiger charge is -2.34. The summed E-state index contributed by atoms with van der Waals surface area (Å²) in [7, 11) is 0. The van der Waals surface area contributed by atoms with E-state index in [1.807, 2.05) is 0 Å². The van der Waals surface area contributed by atoms with Crippen LogP contribution in [-0.4, -0.2) is 19.3 Å². The Kier molecular flexibility index (Phi) is 5.77. The van der Waals surface area contributed by atoms with Gasteiger partial charge in [-0.3, -0.25) is 0 Å². The molecule has 0 radical (unpaired) electrons. The van der Waals surface area contributed by atoms with Gasteiger partial charge in [-0.05, 0) is 25.7 Å². The van der Waals surface area contributed by atoms with Crippen LogP contribution in [-0.2, 0) is 4.74 Å². The number of rotatable bonds is 7. The van der Waals surface area contributed by atoms with E-state index in [1.54, 1.807) is 0 Å². The Hall–Kier alpha value is -0.0800. The van der Waals surface area contributed by atoms with Crippen LogP contribution in [0.1, 0.15) is 59.3 Å². The lowest BCUT2D eigenvalue weighted by atomic mass is 9.73. The van der Waals surface area contributed by atoms with Crippen molar-refractivity contribution in [2.24, 2.45) is 17.1 Å². The molecule has 1 fully saturated rings. The van der Waals surface area contributed by atoms with E-state index in [1.165, 1.54) is 32.1 Å². The zero-order valence-electron chi connectivity index (χ0n) is 11.3. The van der Waals surface area contributed by atoms with Crippen LogP contribution >= 0.6 is 0 Å². The number of nitrogens with two attached hydrogens (primary N) is 1. The molecule has 0 aromatic carbocycles. The summed E-state index contributed by atoms with van der Waals surface area (Å²) in [6.45, 7) is 8.48. The van der Waals surface area contributed by atoms with Crippen molar-refractivity contribution < 1.29 is 4.74 Å². The van der Waals surface area contributed by atoms with E-state index in [0.29, 0.717) is 6.10 Å². The Labute approximate surface area is 101 Å². The van der Waals surface area contributed by atoms with Gasteiger partial charge in [0, 0.05) is 18.6 Å². The summed E-state index contributed by atoms with van der Waals surface area (Å²) in [4.78, 5) is 0. The van der Waals surface area contributed by atoms with E-state index in [0.717, 1.165) is 25.5 Å². The van der Waals surface area contributed by atoms with Crippen LogP contribution < -0.4 is 5.73 Å². The first kappa shape index (κ1) is 14.0. The summed E-state index contributed by atoms with van der Waals surface area (Å²) in [5.74, 6) is 0.840.